The molecule has 1 fully saturated rings. The molecular weight excluding hydrogens is 264 g/mol. The van der Waals surface area contributed by atoms with Crippen LogP contribution in [0.3, 0.4) is 0 Å². The number of nitrogens with two attached hydrogens (primary N) is 1. The SMILES string of the molecule is CC1CCNCC1Oc1ncc([N+](=O)[O-])cc1C(N)=O. The molecule has 0 saturated carbocycles. The van der Waals surface area contributed by atoms with E-state index in [1.165, 1.54) is 0 Å². The molecule has 1 amide bonds. The number of hydrogen-bond acceptors (Lipinski definition) is 6. The van der Waals surface area contributed by atoms with Crippen molar-refractivity contribution in [2.75, 3.05) is 13.1 Å². The van der Waals surface area contributed by atoms with Gasteiger partial charge in [0, 0.05) is 12.6 Å². The predicted molar refractivity (Wildman–Crippen MR) is 70.5 cm³/mol. The van der Waals surface area contributed by atoms with E-state index >= 15 is 0 Å². The summed E-state index contributed by atoms with van der Waals surface area (Å²) in [7, 11) is 0. The number of piperidine rings is 1. The molecular formula is C12H16N4O4. The van der Waals surface area contributed by atoms with Crippen LogP contribution in [0, 0.1) is 16.0 Å². The summed E-state index contributed by atoms with van der Waals surface area (Å²) < 4.78 is 5.70. The normalized spacial score (nSPS) is 22.2. The van der Waals surface area contributed by atoms with Crippen LogP contribution in [0.5, 0.6) is 5.88 Å². The molecule has 2 rings (SSSR count). The summed E-state index contributed by atoms with van der Waals surface area (Å²) >= 11 is 0. The van der Waals surface area contributed by atoms with Crippen molar-refractivity contribution in [3.8, 4) is 5.88 Å². The Morgan fingerprint density at radius 1 is 1.65 bits per heavy atom. The zero-order valence-corrected chi connectivity index (χ0v) is 11.0. The number of primary amides is 1. The van der Waals surface area contributed by atoms with Crippen LogP contribution in [0.25, 0.3) is 0 Å². The highest BCUT2D eigenvalue weighted by Crippen LogP contribution is 2.24. The predicted octanol–water partition coefficient (Wildman–Crippen LogP) is 0.465. The molecule has 1 aromatic rings. The first-order valence-electron chi connectivity index (χ1n) is 6.30. The third kappa shape index (κ3) is 3.02. The van der Waals surface area contributed by atoms with E-state index in [1.807, 2.05) is 6.92 Å². The maximum Gasteiger partial charge on any atom is 0.288 e. The first-order chi connectivity index (χ1) is 9.49. The Bertz CT molecular complexity index is 534. The number of nitrogens with zero attached hydrogens (tertiary/aromatic N) is 2. The number of rotatable bonds is 4. The minimum absolute atomic E-state index is 0.0450. The maximum absolute atomic E-state index is 11.4. The Morgan fingerprint density at radius 3 is 3.00 bits per heavy atom. The van der Waals surface area contributed by atoms with Gasteiger partial charge in [0.05, 0.1) is 4.92 Å². The van der Waals surface area contributed by atoms with Crippen molar-refractivity contribution in [1.29, 1.82) is 0 Å². The van der Waals surface area contributed by atoms with Gasteiger partial charge >= 0.3 is 0 Å². The molecule has 108 valence electrons. The van der Waals surface area contributed by atoms with Crippen molar-refractivity contribution in [3.05, 3.63) is 27.9 Å². The lowest BCUT2D eigenvalue weighted by atomic mass is 9.97. The molecule has 1 saturated heterocycles. The number of carbonyl (C=O) groups excluding carboxylic acids is 1. The number of nitro groups is 1. The average Bonchev–Trinajstić information content (AvgIpc) is 2.41. The average molecular weight is 280 g/mol. The smallest absolute Gasteiger partial charge is 0.288 e. The Hall–Kier alpha value is -2.22. The van der Waals surface area contributed by atoms with Gasteiger partial charge in [0.25, 0.3) is 11.6 Å². The van der Waals surface area contributed by atoms with E-state index < -0.39 is 10.8 Å². The molecule has 0 aliphatic carbocycles. The van der Waals surface area contributed by atoms with Crippen molar-refractivity contribution in [1.82, 2.24) is 10.3 Å². The van der Waals surface area contributed by atoms with Gasteiger partial charge in [0.15, 0.2) is 0 Å². The van der Waals surface area contributed by atoms with Gasteiger partial charge in [-0.25, -0.2) is 4.98 Å². The molecule has 1 aliphatic rings. The molecule has 2 heterocycles. The van der Waals surface area contributed by atoms with E-state index in [2.05, 4.69) is 10.3 Å². The van der Waals surface area contributed by atoms with E-state index in [9.17, 15) is 14.9 Å². The van der Waals surface area contributed by atoms with Crippen LogP contribution in [0.1, 0.15) is 23.7 Å². The number of carbonyl (C=O) groups is 1. The second-order valence-electron chi connectivity index (χ2n) is 4.79. The van der Waals surface area contributed by atoms with Gasteiger partial charge < -0.3 is 15.8 Å². The molecule has 0 radical (unpaired) electrons. The largest absolute Gasteiger partial charge is 0.472 e. The summed E-state index contributed by atoms with van der Waals surface area (Å²) in [6.45, 7) is 3.59. The lowest BCUT2D eigenvalue weighted by Gasteiger charge is -2.29. The molecule has 8 nitrogen and oxygen atoms in total. The molecule has 3 N–H and O–H groups in total. The Balaban J connectivity index is 2.26. The minimum atomic E-state index is -0.798. The summed E-state index contributed by atoms with van der Waals surface area (Å²) in [5, 5.41) is 13.9. The number of ether oxygens (including phenoxy) is 1. The fourth-order valence-corrected chi connectivity index (χ4v) is 2.07. The van der Waals surface area contributed by atoms with Gasteiger partial charge in [-0.3, -0.25) is 14.9 Å². The van der Waals surface area contributed by atoms with E-state index in [-0.39, 0.29) is 23.2 Å². The zero-order chi connectivity index (χ0) is 14.7. The highest BCUT2D eigenvalue weighted by atomic mass is 16.6. The third-order valence-electron chi connectivity index (χ3n) is 3.33. The van der Waals surface area contributed by atoms with Crippen LogP contribution in [0.15, 0.2) is 12.3 Å². The fraction of sp³-hybridized carbons (Fsp3) is 0.500. The monoisotopic (exact) mass is 280 g/mol. The van der Waals surface area contributed by atoms with E-state index in [4.69, 9.17) is 10.5 Å². The van der Waals surface area contributed by atoms with Gasteiger partial charge in [-0.15, -0.1) is 0 Å². The molecule has 0 spiro atoms. The van der Waals surface area contributed by atoms with Gasteiger partial charge in [-0.2, -0.15) is 0 Å². The van der Waals surface area contributed by atoms with Crippen molar-refractivity contribution in [3.63, 3.8) is 0 Å². The highest BCUT2D eigenvalue weighted by Gasteiger charge is 2.26. The molecule has 1 aliphatic heterocycles. The number of amides is 1. The summed E-state index contributed by atoms with van der Waals surface area (Å²) in [5.74, 6) is -0.453. The van der Waals surface area contributed by atoms with Crippen LogP contribution >= 0.6 is 0 Å². The molecule has 2 unspecified atom stereocenters. The standard InChI is InChI=1S/C12H16N4O4/c1-7-2-3-14-6-10(7)20-12-9(11(13)17)4-8(5-15-12)16(18)19/h4-5,7,10,14H,2-3,6H2,1H3,(H2,13,17). The Morgan fingerprint density at radius 2 is 2.40 bits per heavy atom. The molecule has 1 aromatic heterocycles. The van der Waals surface area contributed by atoms with Crippen molar-refractivity contribution in [2.45, 2.75) is 19.4 Å². The lowest BCUT2D eigenvalue weighted by molar-refractivity contribution is -0.385. The van der Waals surface area contributed by atoms with Crippen LogP contribution in [-0.4, -0.2) is 35.0 Å². The summed E-state index contributed by atoms with van der Waals surface area (Å²) in [6.07, 6.45) is 1.86. The topological polar surface area (TPSA) is 120 Å². The van der Waals surface area contributed by atoms with Gasteiger partial charge in [0.1, 0.15) is 17.9 Å². The van der Waals surface area contributed by atoms with Crippen molar-refractivity contribution < 1.29 is 14.5 Å². The van der Waals surface area contributed by atoms with Crippen LogP contribution in [-0.2, 0) is 0 Å². The van der Waals surface area contributed by atoms with Crippen LogP contribution in [0.2, 0.25) is 0 Å². The van der Waals surface area contributed by atoms with Crippen LogP contribution in [0.4, 0.5) is 5.69 Å². The fourth-order valence-electron chi connectivity index (χ4n) is 2.07. The maximum atomic E-state index is 11.4. The number of hydrogen-bond donors (Lipinski definition) is 2. The van der Waals surface area contributed by atoms with Gasteiger partial charge in [-0.05, 0) is 18.9 Å². The summed E-state index contributed by atoms with van der Waals surface area (Å²) in [5.41, 5.74) is 4.86. The van der Waals surface area contributed by atoms with E-state index in [0.717, 1.165) is 25.2 Å². The molecule has 0 aromatic carbocycles. The van der Waals surface area contributed by atoms with E-state index in [0.29, 0.717) is 12.5 Å². The third-order valence-corrected chi connectivity index (χ3v) is 3.33. The lowest BCUT2D eigenvalue weighted by Crippen LogP contribution is -2.43. The second kappa shape index (κ2) is 5.83. The molecule has 2 atom stereocenters. The van der Waals surface area contributed by atoms with E-state index in [1.54, 1.807) is 0 Å². The number of nitrogens with one attached hydrogen (secondary N) is 1. The second-order valence-corrected chi connectivity index (χ2v) is 4.79. The van der Waals surface area contributed by atoms with Crippen molar-refractivity contribution in [2.24, 2.45) is 11.7 Å². The first kappa shape index (κ1) is 14.2. The number of pyridine rings is 1. The molecule has 8 heteroatoms. The zero-order valence-electron chi connectivity index (χ0n) is 11.0. The van der Waals surface area contributed by atoms with Gasteiger partial charge in [-0.1, -0.05) is 6.92 Å². The highest BCUT2D eigenvalue weighted by molar-refractivity contribution is 5.95. The summed E-state index contributed by atoms with van der Waals surface area (Å²) in [6, 6.07) is 1.09. The first-order valence-corrected chi connectivity index (χ1v) is 6.30. The Kier molecular flexibility index (Phi) is 4.14. The van der Waals surface area contributed by atoms with Crippen LogP contribution < -0.4 is 15.8 Å². The molecule has 20 heavy (non-hydrogen) atoms. The number of aromatic nitrogens is 1. The minimum Gasteiger partial charge on any atom is -0.472 e. The summed E-state index contributed by atoms with van der Waals surface area (Å²) in [4.78, 5) is 25.3. The Labute approximate surface area is 115 Å². The molecule has 0 bridgehead atoms. The van der Waals surface area contributed by atoms with Crippen molar-refractivity contribution >= 4 is 11.6 Å². The van der Waals surface area contributed by atoms with Gasteiger partial charge in [0.2, 0.25) is 5.88 Å². The quantitative estimate of drug-likeness (QED) is 0.610.